The maximum absolute atomic E-state index is 5.84. The Labute approximate surface area is 127 Å². The molecule has 20 heavy (non-hydrogen) atoms. The van der Waals surface area contributed by atoms with E-state index in [0.717, 1.165) is 42.3 Å². The van der Waals surface area contributed by atoms with Crippen LogP contribution in [0.3, 0.4) is 0 Å². The zero-order valence-electron chi connectivity index (χ0n) is 13.2. The fourth-order valence-electron chi connectivity index (χ4n) is 2.43. The van der Waals surface area contributed by atoms with Crippen molar-refractivity contribution in [2.45, 2.75) is 40.7 Å². The number of aryl methyl sites for hydroxylation is 2. The number of pyridine rings is 1. The van der Waals surface area contributed by atoms with Crippen LogP contribution in [0.25, 0.3) is 0 Å². The molecule has 1 heterocycles. The molecule has 0 radical (unpaired) electrons. The maximum atomic E-state index is 5.84. The second-order valence-corrected chi connectivity index (χ2v) is 5.61. The third-order valence-electron chi connectivity index (χ3n) is 3.40. The topological polar surface area (TPSA) is 54.2 Å². The van der Waals surface area contributed by atoms with E-state index in [1.165, 1.54) is 0 Å². The van der Waals surface area contributed by atoms with E-state index in [4.69, 9.17) is 18.0 Å². The second kappa shape index (κ2) is 7.55. The molecule has 0 spiro atoms. The minimum absolute atomic E-state index is 0.323. The van der Waals surface area contributed by atoms with Crippen molar-refractivity contribution in [1.82, 2.24) is 9.88 Å². The van der Waals surface area contributed by atoms with Crippen molar-refractivity contribution in [1.29, 1.82) is 0 Å². The number of nitrogens with two attached hydrogens (primary N) is 1. The van der Waals surface area contributed by atoms with E-state index in [1.807, 2.05) is 19.9 Å². The number of hydrogen-bond acceptors (Lipinski definition) is 4. The normalized spacial score (nSPS) is 12.5. The summed E-state index contributed by atoms with van der Waals surface area (Å²) in [5, 5.41) is 3.52. The van der Waals surface area contributed by atoms with E-state index in [-0.39, 0.29) is 0 Å². The Balaban J connectivity index is 2.93. The minimum Gasteiger partial charge on any atom is -0.389 e. The van der Waals surface area contributed by atoms with Gasteiger partial charge in [-0.15, -0.1) is 0 Å². The van der Waals surface area contributed by atoms with Gasteiger partial charge >= 0.3 is 0 Å². The Hall–Kier alpha value is -1.20. The van der Waals surface area contributed by atoms with E-state index in [1.54, 1.807) is 0 Å². The molecule has 0 bridgehead atoms. The summed E-state index contributed by atoms with van der Waals surface area (Å²) in [5.74, 6) is 0. The van der Waals surface area contributed by atoms with Crippen LogP contribution in [0.4, 0.5) is 5.69 Å². The number of aromatic nitrogens is 1. The zero-order chi connectivity index (χ0) is 15.3. The third-order valence-corrected chi connectivity index (χ3v) is 3.61. The summed E-state index contributed by atoms with van der Waals surface area (Å²) in [6.45, 7) is 13.6. The van der Waals surface area contributed by atoms with E-state index < -0.39 is 0 Å². The molecule has 0 saturated carbocycles. The number of hydrogen-bond donors (Lipinski definition) is 2. The van der Waals surface area contributed by atoms with E-state index in [0.29, 0.717) is 11.0 Å². The molecule has 0 amide bonds. The van der Waals surface area contributed by atoms with Crippen molar-refractivity contribution in [3.63, 3.8) is 0 Å². The van der Waals surface area contributed by atoms with Crippen molar-refractivity contribution in [3.8, 4) is 0 Å². The van der Waals surface area contributed by atoms with Gasteiger partial charge in [0.2, 0.25) is 0 Å². The van der Waals surface area contributed by atoms with Crippen LogP contribution in [-0.2, 0) is 0 Å². The van der Waals surface area contributed by atoms with Gasteiger partial charge in [-0.05, 0) is 39.9 Å². The molecule has 1 rings (SSSR count). The van der Waals surface area contributed by atoms with Gasteiger partial charge < -0.3 is 16.0 Å². The zero-order valence-corrected chi connectivity index (χ0v) is 14.0. The molecule has 3 N–H and O–H groups in total. The third kappa shape index (κ3) is 4.42. The van der Waals surface area contributed by atoms with Crippen LogP contribution in [0.5, 0.6) is 0 Å². The molecule has 0 saturated heterocycles. The van der Waals surface area contributed by atoms with Crippen molar-refractivity contribution in [2.75, 3.05) is 25.0 Å². The predicted molar refractivity (Wildman–Crippen MR) is 90.5 cm³/mol. The fourth-order valence-corrected chi connectivity index (χ4v) is 2.69. The van der Waals surface area contributed by atoms with Crippen LogP contribution in [0.2, 0.25) is 0 Å². The molecular weight excluding hydrogens is 268 g/mol. The summed E-state index contributed by atoms with van der Waals surface area (Å²) in [6.07, 6.45) is 0. The number of likely N-dealkylation sites (N-methyl/N-ethyl adjacent to an activating group) is 1. The van der Waals surface area contributed by atoms with Gasteiger partial charge in [0.25, 0.3) is 0 Å². The smallest absolute Gasteiger partial charge is 0.107 e. The highest BCUT2D eigenvalue weighted by atomic mass is 32.1. The monoisotopic (exact) mass is 294 g/mol. The lowest BCUT2D eigenvalue weighted by atomic mass is 10.1. The standard InChI is InChI=1S/C15H26N4S/c1-6-19(7-2)9-11(4)18-13-8-10(3)17-12(5)14(13)15(16)20/h8,11H,6-7,9H2,1-5H3,(H2,16,20)(H,17,18). The van der Waals surface area contributed by atoms with Gasteiger partial charge in [0.1, 0.15) is 4.99 Å². The minimum atomic E-state index is 0.323. The summed E-state index contributed by atoms with van der Waals surface area (Å²) in [5.41, 5.74) is 9.54. The number of rotatable bonds is 7. The molecule has 4 nitrogen and oxygen atoms in total. The van der Waals surface area contributed by atoms with Crippen LogP contribution >= 0.6 is 12.2 Å². The van der Waals surface area contributed by atoms with E-state index in [2.05, 4.69) is 36.0 Å². The van der Waals surface area contributed by atoms with Gasteiger partial charge in [-0.3, -0.25) is 4.98 Å². The summed E-state index contributed by atoms with van der Waals surface area (Å²) in [7, 11) is 0. The van der Waals surface area contributed by atoms with Crippen LogP contribution < -0.4 is 11.1 Å². The number of nitrogens with one attached hydrogen (secondary N) is 1. The van der Waals surface area contributed by atoms with Crippen molar-refractivity contribution in [3.05, 3.63) is 23.0 Å². The van der Waals surface area contributed by atoms with Crippen LogP contribution in [0.15, 0.2) is 6.07 Å². The largest absolute Gasteiger partial charge is 0.389 e. The molecule has 0 aromatic carbocycles. The van der Waals surface area contributed by atoms with Crippen LogP contribution in [0.1, 0.15) is 37.7 Å². The van der Waals surface area contributed by atoms with Crippen molar-refractivity contribution in [2.24, 2.45) is 5.73 Å². The lowest BCUT2D eigenvalue weighted by Gasteiger charge is -2.25. The Bertz CT molecular complexity index is 469. The first-order valence-electron chi connectivity index (χ1n) is 7.15. The predicted octanol–water partition coefficient (Wildman–Crippen LogP) is 2.47. The van der Waals surface area contributed by atoms with E-state index >= 15 is 0 Å². The highest BCUT2D eigenvalue weighted by molar-refractivity contribution is 7.80. The van der Waals surface area contributed by atoms with Crippen molar-refractivity contribution >= 4 is 22.9 Å². The summed E-state index contributed by atoms with van der Waals surface area (Å²) in [6, 6.07) is 2.34. The average Bonchev–Trinajstić information content (AvgIpc) is 2.34. The molecule has 1 atom stereocenters. The fraction of sp³-hybridized carbons (Fsp3) is 0.600. The Morgan fingerprint density at radius 1 is 1.40 bits per heavy atom. The SMILES string of the molecule is CCN(CC)CC(C)Nc1cc(C)nc(C)c1C(N)=S. The Morgan fingerprint density at radius 2 is 2.00 bits per heavy atom. The van der Waals surface area contributed by atoms with Crippen LogP contribution in [-0.4, -0.2) is 40.5 Å². The molecule has 0 fully saturated rings. The van der Waals surface area contributed by atoms with Crippen LogP contribution in [0, 0.1) is 13.8 Å². The van der Waals surface area contributed by atoms with Gasteiger partial charge in [-0.25, -0.2) is 0 Å². The molecule has 0 aliphatic carbocycles. The number of anilines is 1. The lowest BCUT2D eigenvalue weighted by Crippen LogP contribution is -2.35. The summed E-state index contributed by atoms with van der Waals surface area (Å²) >= 11 is 5.15. The molecule has 1 aromatic heterocycles. The number of thiocarbonyl (C=S) groups is 1. The molecule has 1 aromatic rings. The van der Waals surface area contributed by atoms with Gasteiger partial charge in [-0.1, -0.05) is 26.1 Å². The molecule has 5 heteroatoms. The van der Waals surface area contributed by atoms with E-state index in [9.17, 15) is 0 Å². The molecule has 0 aliphatic rings. The van der Waals surface area contributed by atoms with Gasteiger partial charge in [0.15, 0.2) is 0 Å². The number of nitrogens with zero attached hydrogens (tertiary/aromatic N) is 2. The average molecular weight is 294 g/mol. The lowest BCUT2D eigenvalue weighted by molar-refractivity contribution is 0.295. The molecular formula is C15H26N4S. The quantitative estimate of drug-likeness (QED) is 0.757. The molecule has 112 valence electrons. The Kier molecular flexibility index (Phi) is 6.36. The Morgan fingerprint density at radius 3 is 2.50 bits per heavy atom. The van der Waals surface area contributed by atoms with Crippen molar-refractivity contribution < 1.29 is 0 Å². The first kappa shape index (κ1) is 16.9. The highest BCUT2D eigenvalue weighted by Gasteiger charge is 2.14. The van der Waals surface area contributed by atoms with Gasteiger partial charge in [0, 0.05) is 29.7 Å². The summed E-state index contributed by atoms with van der Waals surface area (Å²) in [4.78, 5) is 7.22. The highest BCUT2D eigenvalue weighted by Crippen LogP contribution is 2.20. The van der Waals surface area contributed by atoms with Gasteiger partial charge in [-0.2, -0.15) is 0 Å². The second-order valence-electron chi connectivity index (χ2n) is 5.17. The maximum Gasteiger partial charge on any atom is 0.107 e. The first-order chi connectivity index (χ1) is 9.38. The summed E-state index contributed by atoms with van der Waals surface area (Å²) < 4.78 is 0. The molecule has 1 unspecified atom stereocenters. The first-order valence-corrected chi connectivity index (χ1v) is 7.56. The molecule has 0 aliphatic heterocycles. The van der Waals surface area contributed by atoms with Gasteiger partial charge in [0.05, 0.1) is 5.56 Å².